The van der Waals surface area contributed by atoms with Crippen LogP contribution in [-0.4, -0.2) is 25.0 Å². The third kappa shape index (κ3) is 5.54. The number of halogens is 2. The van der Waals surface area contributed by atoms with Crippen LogP contribution in [0.1, 0.15) is 15.9 Å². The summed E-state index contributed by atoms with van der Waals surface area (Å²) < 4.78 is 5.68. The van der Waals surface area contributed by atoms with Crippen molar-refractivity contribution in [2.24, 2.45) is 0 Å². The Bertz CT molecular complexity index is 752. The molecule has 0 aliphatic heterocycles. The predicted octanol–water partition coefficient (Wildman–Crippen LogP) is 3.20. The van der Waals surface area contributed by atoms with Crippen LogP contribution in [0.4, 0.5) is 5.69 Å². The molecule has 0 atom stereocenters. The van der Waals surface area contributed by atoms with Gasteiger partial charge in [-0.3, -0.25) is 4.79 Å². The van der Waals surface area contributed by atoms with Crippen LogP contribution < -0.4 is 11.1 Å². The first kappa shape index (κ1) is 18.3. The highest BCUT2D eigenvalue weighted by Gasteiger charge is 2.13. The Hall–Kier alpha value is -2.05. The number of rotatable bonds is 6. The summed E-state index contributed by atoms with van der Waals surface area (Å²) in [5.41, 5.74) is 7.25. The van der Waals surface area contributed by atoms with Crippen molar-refractivity contribution in [2.45, 2.75) is 6.42 Å². The summed E-state index contributed by atoms with van der Waals surface area (Å²) in [7, 11) is 0. The smallest absolute Gasteiger partial charge is 0.340 e. The highest BCUT2D eigenvalue weighted by molar-refractivity contribution is 9.10. The van der Waals surface area contributed by atoms with Gasteiger partial charge in [0, 0.05) is 21.7 Å². The Balaban J connectivity index is 1.76. The minimum absolute atomic E-state index is 0.219. The Morgan fingerprint density at radius 3 is 2.75 bits per heavy atom. The third-order valence-electron chi connectivity index (χ3n) is 3.19. The maximum atomic E-state index is 11.9. The van der Waals surface area contributed by atoms with Crippen molar-refractivity contribution >= 4 is 45.1 Å². The van der Waals surface area contributed by atoms with E-state index in [1.165, 1.54) is 0 Å². The average Bonchev–Trinajstić information content (AvgIpc) is 2.55. The quantitative estimate of drug-likeness (QED) is 0.565. The first-order chi connectivity index (χ1) is 11.5. The largest absolute Gasteiger partial charge is 0.452 e. The normalized spacial score (nSPS) is 10.2. The fourth-order valence-corrected chi connectivity index (χ4v) is 2.58. The molecular formula is C17H16BrClN2O3. The first-order valence-corrected chi connectivity index (χ1v) is 8.36. The summed E-state index contributed by atoms with van der Waals surface area (Å²) in [5.74, 6) is -1.02. The highest BCUT2D eigenvalue weighted by Crippen LogP contribution is 2.19. The van der Waals surface area contributed by atoms with E-state index in [9.17, 15) is 9.59 Å². The van der Waals surface area contributed by atoms with Crippen molar-refractivity contribution in [1.82, 2.24) is 5.32 Å². The molecule has 3 N–H and O–H groups in total. The standard InChI is InChI=1S/C17H16BrClN2O3/c18-12-4-5-15(20)14(9-12)17(23)24-10-16(22)21-7-6-11-2-1-3-13(19)8-11/h1-5,8-9H,6-7,10,20H2,(H,21,22). The number of nitrogen functional groups attached to an aromatic ring is 1. The van der Waals surface area contributed by atoms with Gasteiger partial charge >= 0.3 is 5.97 Å². The summed E-state index contributed by atoms with van der Waals surface area (Å²) in [6.45, 7) is 0.0656. The zero-order chi connectivity index (χ0) is 17.5. The van der Waals surface area contributed by atoms with E-state index >= 15 is 0 Å². The number of nitrogens with one attached hydrogen (secondary N) is 1. The molecule has 0 aliphatic rings. The van der Waals surface area contributed by atoms with Gasteiger partial charge in [-0.25, -0.2) is 4.79 Å². The van der Waals surface area contributed by atoms with E-state index in [0.717, 1.165) is 5.56 Å². The molecule has 0 saturated carbocycles. The summed E-state index contributed by atoms with van der Waals surface area (Å²) >= 11 is 9.15. The number of hydrogen-bond donors (Lipinski definition) is 2. The lowest BCUT2D eigenvalue weighted by atomic mass is 10.1. The van der Waals surface area contributed by atoms with Crippen molar-refractivity contribution in [3.8, 4) is 0 Å². The minimum atomic E-state index is -0.640. The summed E-state index contributed by atoms with van der Waals surface area (Å²) in [6.07, 6.45) is 0.638. The van der Waals surface area contributed by atoms with Gasteiger partial charge < -0.3 is 15.8 Å². The molecule has 0 aliphatic carbocycles. The molecule has 0 saturated heterocycles. The van der Waals surface area contributed by atoms with E-state index in [1.807, 2.05) is 18.2 Å². The second kappa shape index (κ2) is 8.70. The fourth-order valence-electron chi connectivity index (χ4n) is 2.00. The van der Waals surface area contributed by atoms with Crippen LogP contribution in [0.3, 0.4) is 0 Å². The second-order valence-electron chi connectivity index (χ2n) is 5.04. The number of carbonyl (C=O) groups excluding carboxylic acids is 2. The topological polar surface area (TPSA) is 81.4 Å². The molecule has 7 heteroatoms. The van der Waals surface area contributed by atoms with Crippen molar-refractivity contribution in [3.05, 3.63) is 63.1 Å². The number of hydrogen-bond acceptors (Lipinski definition) is 4. The van der Waals surface area contributed by atoms with E-state index in [0.29, 0.717) is 28.1 Å². The number of anilines is 1. The van der Waals surface area contributed by atoms with Crippen molar-refractivity contribution < 1.29 is 14.3 Å². The van der Waals surface area contributed by atoms with Gasteiger partial charge in [-0.05, 0) is 42.3 Å². The molecule has 0 fully saturated rings. The number of nitrogens with two attached hydrogens (primary N) is 1. The molecule has 0 bridgehead atoms. The van der Waals surface area contributed by atoms with Crippen LogP contribution >= 0.6 is 27.5 Å². The fraction of sp³-hybridized carbons (Fsp3) is 0.176. The van der Waals surface area contributed by atoms with Gasteiger partial charge in [0.05, 0.1) is 5.56 Å². The van der Waals surface area contributed by atoms with Gasteiger partial charge in [0.15, 0.2) is 6.61 Å². The Labute approximate surface area is 153 Å². The Morgan fingerprint density at radius 2 is 2.00 bits per heavy atom. The van der Waals surface area contributed by atoms with Crippen molar-refractivity contribution in [1.29, 1.82) is 0 Å². The Kier molecular flexibility index (Phi) is 6.63. The number of amides is 1. The molecule has 5 nitrogen and oxygen atoms in total. The van der Waals surface area contributed by atoms with Crippen LogP contribution in [0.25, 0.3) is 0 Å². The molecule has 126 valence electrons. The average molecular weight is 412 g/mol. The van der Waals surface area contributed by atoms with E-state index in [-0.39, 0.29) is 18.1 Å². The van der Waals surface area contributed by atoms with Crippen LogP contribution in [-0.2, 0) is 16.0 Å². The van der Waals surface area contributed by atoms with Gasteiger partial charge in [0.1, 0.15) is 0 Å². The Morgan fingerprint density at radius 1 is 1.21 bits per heavy atom. The van der Waals surface area contributed by atoms with Crippen LogP contribution in [0.15, 0.2) is 46.9 Å². The molecular weight excluding hydrogens is 396 g/mol. The lowest BCUT2D eigenvalue weighted by molar-refractivity contribution is -0.124. The van der Waals surface area contributed by atoms with Gasteiger partial charge in [0.25, 0.3) is 5.91 Å². The molecule has 2 aromatic rings. The van der Waals surface area contributed by atoms with E-state index in [1.54, 1.807) is 24.3 Å². The zero-order valence-corrected chi connectivity index (χ0v) is 15.1. The maximum Gasteiger partial charge on any atom is 0.340 e. The third-order valence-corrected chi connectivity index (χ3v) is 3.92. The van der Waals surface area contributed by atoms with Crippen LogP contribution in [0.5, 0.6) is 0 Å². The minimum Gasteiger partial charge on any atom is -0.452 e. The van der Waals surface area contributed by atoms with E-state index < -0.39 is 5.97 Å². The number of benzene rings is 2. The summed E-state index contributed by atoms with van der Waals surface area (Å²) in [6, 6.07) is 12.3. The molecule has 2 aromatic carbocycles. The molecule has 0 aromatic heterocycles. The molecule has 1 amide bonds. The molecule has 0 spiro atoms. The maximum absolute atomic E-state index is 11.9. The second-order valence-corrected chi connectivity index (χ2v) is 6.39. The van der Waals surface area contributed by atoms with Crippen LogP contribution in [0, 0.1) is 0 Å². The monoisotopic (exact) mass is 410 g/mol. The highest BCUT2D eigenvalue weighted by atomic mass is 79.9. The van der Waals surface area contributed by atoms with E-state index in [2.05, 4.69) is 21.2 Å². The summed E-state index contributed by atoms with van der Waals surface area (Å²) in [4.78, 5) is 23.7. The number of ether oxygens (including phenoxy) is 1. The molecule has 0 unspecified atom stereocenters. The number of carbonyl (C=O) groups is 2. The van der Waals surface area contributed by atoms with Gasteiger partial charge in [-0.1, -0.05) is 39.7 Å². The molecule has 0 heterocycles. The van der Waals surface area contributed by atoms with Gasteiger partial charge in [-0.2, -0.15) is 0 Å². The first-order valence-electron chi connectivity index (χ1n) is 7.19. The SMILES string of the molecule is Nc1ccc(Br)cc1C(=O)OCC(=O)NCCc1cccc(Cl)c1. The molecule has 24 heavy (non-hydrogen) atoms. The molecule has 0 radical (unpaired) electrons. The summed E-state index contributed by atoms with van der Waals surface area (Å²) in [5, 5.41) is 3.34. The molecule has 2 rings (SSSR count). The lowest BCUT2D eigenvalue weighted by Crippen LogP contribution is -2.30. The van der Waals surface area contributed by atoms with Crippen LogP contribution in [0.2, 0.25) is 5.02 Å². The van der Waals surface area contributed by atoms with Gasteiger partial charge in [-0.15, -0.1) is 0 Å². The lowest BCUT2D eigenvalue weighted by Gasteiger charge is -2.08. The number of esters is 1. The van der Waals surface area contributed by atoms with Gasteiger partial charge in [0.2, 0.25) is 0 Å². The van der Waals surface area contributed by atoms with Crippen molar-refractivity contribution in [3.63, 3.8) is 0 Å². The van der Waals surface area contributed by atoms with Crippen molar-refractivity contribution in [2.75, 3.05) is 18.9 Å². The zero-order valence-electron chi connectivity index (χ0n) is 12.7. The predicted molar refractivity (Wildman–Crippen MR) is 97.0 cm³/mol. The van der Waals surface area contributed by atoms with E-state index in [4.69, 9.17) is 22.1 Å².